The summed E-state index contributed by atoms with van der Waals surface area (Å²) in [5, 5.41) is 8.51. The summed E-state index contributed by atoms with van der Waals surface area (Å²) < 4.78 is 4.90. The van der Waals surface area contributed by atoms with E-state index in [1.165, 1.54) is 0 Å². The fourth-order valence-electron chi connectivity index (χ4n) is 0.296. The number of hydrogen-bond acceptors (Lipinski definition) is 2. The molecule has 0 aliphatic heterocycles. The Morgan fingerprint density at radius 3 is 2.38 bits per heavy atom. The van der Waals surface area contributed by atoms with E-state index in [9.17, 15) is 0 Å². The third kappa shape index (κ3) is 2.64. The van der Waals surface area contributed by atoms with Crippen molar-refractivity contribution in [2.45, 2.75) is 17.9 Å². The van der Waals surface area contributed by atoms with Gasteiger partial charge in [0.2, 0.25) is 0 Å². The van der Waals surface area contributed by atoms with Crippen molar-refractivity contribution in [3.63, 3.8) is 0 Å². The van der Waals surface area contributed by atoms with Crippen LogP contribution in [0.5, 0.6) is 0 Å². The minimum atomic E-state index is 0.0625. The zero-order valence-corrected chi connectivity index (χ0v) is 6.68. The van der Waals surface area contributed by atoms with Gasteiger partial charge in [0, 0.05) is 7.11 Å². The average Bonchev–Trinajstić information content (AvgIpc) is 1.84. The molecule has 0 saturated heterocycles. The Bertz CT molecular complexity index is 50.4. The van der Waals surface area contributed by atoms with Gasteiger partial charge in [-0.3, -0.25) is 0 Å². The van der Waals surface area contributed by atoms with Crippen LogP contribution < -0.4 is 0 Å². The maximum Gasteiger partial charge on any atom is 0.0690 e. The molecule has 8 heavy (non-hydrogen) atoms. The van der Waals surface area contributed by atoms with Crippen LogP contribution in [0.1, 0.15) is 6.92 Å². The van der Waals surface area contributed by atoms with Gasteiger partial charge < -0.3 is 9.84 Å². The molecule has 0 rings (SSSR count). The maximum absolute atomic E-state index is 8.51. The Morgan fingerprint density at radius 1 is 1.75 bits per heavy atom. The molecule has 0 aliphatic rings. The van der Waals surface area contributed by atoms with E-state index in [1.54, 1.807) is 7.11 Å². The van der Waals surface area contributed by atoms with E-state index in [1.807, 2.05) is 6.92 Å². The predicted molar refractivity (Wildman–Crippen MR) is 36.3 cm³/mol. The molecule has 0 fully saturated rings. The molecular weight excluding hydrogens is 172 g/mol. The van der Waals surface area contributed by atoms with Crippen molar-refractivity contribution in [2.75, 3.05) is 13.7 Å². The van der Waals surface area contributed by atoms with Gasteiger partial charge in [0.15, 0.2) is 0 Å². The van der Waals surface area contributed by atoms with Gasteiger partial charge in [0.1, 0.15) is 0 Å². The van der Waals surface area contributed by atoms with Gasteiger partial charge in [-0.15, -0.1) is 0 Å². The maximum atomic E-state index is 8.51. The van der Waals surface area contributed by atoms with Gasteiger partial charge in [-0.1, -0.05) is 15.9 Å². The normalized spacial score (nSPS) is 18.0. The summed E-state index contributed by atoms with van der Waals surface area (Å²) in [5.74, 6) is 0. The first kappa shape index (κ1) is 8.40. The lowest BCUT2D eigenvalue weighted by Crippen LogP contribution is -2.22. The van der Waals surface area contributed by atoms with E-state index >= 15 is 0 Å². The number of aliphatic hydroxyl groups excluding tert-OH is 1. The number of halogens is 1. The molecular formula is C5H11BrO2. The average molecular weight is 183 g/mol. The summed E-state index contributed by atoms with van der Waals surface area (Å²) in [4.78, 5) is 0.0625. The molecule has 0 heterocycles. The number of rotatable bonds is 3. The predicted octanol–water partition coefficient (Wildman–Crippen LogP) is 0.777. The molecule has 0 radical (unpaired) electrons. The molecule has 0 bridgehead atoms. The molecule has 2 nitrogen and oxygen atoms in total. The molecule has 50 valence electrons. The van der Waals surface area contributed by atoms with E-state index in [4.69, 9.17) is 9.84 Å². The monoisotopic (exact) mass is 182 g/mol. The van der Waals surface area contributed by atoms with Crippen LogP contribution in [0.15, 0.2) is 0 Å². The molecule has 0 spiro atoms. The Labute approximate surface area is 58.0 Å². The van der Waals surface area contributed by atoms with Crippen LogP contribution in [0.2, 0.25) is 0 Å². The highest BCUT2D eigenvalue weighted by Gasteiger charge is 2.09. The van der Waals surface area contributed by atoms with Gasteiger partial charge in [-0.25, -0.2) is 0 Å². The Hall–Kier alpha value is 0.400. The van der Waals surface area contributed by atoms with Gasteiger partial charge >= 0.3 is 0 Å². The first-order chi connectivity index (χ1) is 3.72. The summed E-state index contributed by atoms with van der Waals surface area (Å²) in [5.41, 5.74) is 0. The van der Waals surface area contributed by atoms with Crippen molar-refractivity contribution in [3.8, 4) is 0 Å². The largest absolute Gasteiger partial charge is 0.395 e. The van der Waals surface area contributed by atoms with Crippen LogP contribution in [0.4, 0.5) is 0 Å². The van der Waals surface area contributed by atoms with Crippen LogP contribution in [0, 0.1) is 0 Å². The second kappa shape index (κ2) is 4.30. The fraction of sp³-hybridized carbons (Fsp3) is 1.00. The van der Waals surface area contributed by atoms with Crippen LogP contribution in [0.25, 0.3) is 0 Å². The van der Waals surface area contributed by atoms with Crippen LogP contribution in [-0.2, 0) is 4.74 Å². The number of alkyl halides is 1. The summed E-state index contributed by atoms with van der Waals surface area (Å²) >= 11 is 3.23. The first-order valence-electron chi connectivity index (χ1n) is 2.50. The molecule has 2 atom stereocenters. The lowest BCUT2D eigenvalue weighted by molar-refractivity contribution is 0.0995. The van der Waals surface area contributed by atoms with Crippen molar-refractivity contribution in [2.24, 2.45) is 0 Å². The van der Waals surface area contributed by atoms with E-state index < -0.39 is 0 Å². The van der Waals surface area contributed by atoms with Gasteiger partial charge in [-0.05, 0) is 6.92 Å². The topological polar surface area (TPSA) is 29.5 Å². The minimum Gasteiger partial charge on any atom is -0.395 e. The van der Waals surface area contributed by atoms with Crippen LogP contribution in [-0.4, -0.2) is 29.8 Å². The van der Waals surface area contributed by atoms with Gasteiger partial charge in [0.25, 0.3) is 0 Å². The zero-order chi connectivity index (χ0) is 6.57. The number of methoxy groups -OCH3 is 1. The molecule has 0 aromatic heterocycles. The van der Waals surface area contributed by atoms with Crippen LogP contribution >= 0.6 is 15.9 Å². The van der Waals surface area contributed by atoms with Crippen molar-refractivity contribution in [1.82, 2.24) is 0 Å². The van der Waals surface area contributed by atoms with Gasteiger partial charge in [0.05, 0.1) is 17.5 Å². The molecule has 0 saturated carbocycles. The smallest absolute Gasteiger partial charge is 0.0690 e. The Balaban J connectivity index is 3.29. The van der Waals surface area contributed by atoms with E-state index in [2.05, 4.69) is 15.9 Å². The fourth-order valence-corrected chi connectivity index (χ4v) is 0.512. The van der Waals surface area contributed by atoms with Crippen molar-refractivity contribution in [1.29, 1.82) is 0 Å². The Morgan fingerprint density at radius 2 is 2.25 bits per heavy atom. The van der Waals surface area contributed by atoms with E-state index in [-0.39, 0.29) is 17.5 Å². The molecule has 0 aromatic carbocycles. The molecule has 1 N–H and O–H groups in total. The Kier molecular flexibility index (Phi) is 4.51. The number of hydrogen-bond donors (Lipinski definition) is 1. The van der Waals surface area contributed by atoms with E-state index in [0.717, 1.165) is 0 Å². The second-order valence-corrected chi connectivity index (χ2v) is 2.82. The standard InChI is InChI=1S/C5H11BrO2/c1-4(8-2)5(6)3-7/h4-5,7H,3H2,1-2H3. The second-order valence-electron chi connectivity index (χ2n) is 1.64. The van der Waals surface area contributed by atoms with Crippen molar-refractivity contribution < 1.29 is 9.84 Å². The molecule has 0 aliphatic carbocycles. The molecule has 0 aromatic rings. The first-order valence-corrected chi connectivity index (χ1v) is 3.41. The SMILES string of the molecule is COC(C)C(Br)CO. The summed E-state index contributed by atoms with van der Waals surface area (Å²) in [7, 11) is 1.62. The third-order valence-electron chi connectivity index (χ3n) is 1.06. The minimum absolute atomic E-state index is 0.0625. The number of aliphatic hydroxyl groups is 1. The molecule has 3 heteroatoms. The van der Waals surface area contributed by atoms with Gasteiger partial charge in [-0.2, -0.15) is 0 Å². The third-order valence-corrected chi connectivity index (χ3v) is 2.09. The van der Waals surface area contributed by atoms with Crippen molar-refractivity contribution >= 4 is 15.9 Å². The highest BCUT2D eigenvalue weighted by atomic mass is 79.9. The summed E-state index contributed by atoms with van der Waals surface area (Å²) in [6.45, 7) is 2.02. The lowest BCUT2D eigenvalue weighted by Gasteiger charge is -2.12. The highest BCUT2D eigenvalue weighted by Crippen LogP contribution is 2.06. The summed E-state index contributed by atoms with van der Waals surface area (Å²) in [6.07, 6.45) is 0.0833. The zero-order valence-electron chi connectivity index (χ0n) is 5.10. The number of ether oxygens (including phenoxy) is 1. The van der Waals surface area contributed by atoms with E-state index in [0.29, 0.717) is 0 Å². The van der Waals surface area contributed by atoms with Crippen molar-refractivity contribution in [3.05, 3.63) is 0 Å². The quantitative estimate of drug-likeness (QED) is 0.655. The molecule has 2 unspecified atom stereocenters. The highest BCUT2D eigenvalue weighted by molar-refractivity contribution is 9.09. The lowest BCUT2D eigenvalue weighted by atomic mass is 10.3. The summed E-state index contributed by atoms with van der Waals surface area (Å²) in [6, 6.07) is 0. The van der Waals surface area contributed by atoms with Crippen LogP contribution in [0.3, 0.4) is 0 Å². The molecule has 0 amide bonds.